The van der Waals surface area contributed by atoms with E-state index in [1.54, 1.807) is 38.4 Å². The topological polar surface area (TPSA) is 106 Å². The van der Waals surface area contributed by atoms with Crippen molar-refractivity contribution in [1.82, 2.24) is 10.2 Å². The largest absolute Gasteiger partial charge is 0.493 e. The number of methoxy groups -OCH3 is 3. The highest BCUT2D eigenvalue weighted by molar-refractivity contribution is 6.01. The summed E-state index contributed by atoms with van der Waals surface area (Å²) in [6.45, 7) is -0.263. The molecule has 160 valence electrons. The normalized spacial score (nSPS) is 10.0. The summed E-state index contributed by atoms with van der Waals surface area (Å²) >= 11 is 0. The van der Waals surface area contributed by atoms with Crippen LogP contribution in [-0.4, -0.2) is 64.6 Å². The SMILES string of the molecule is COc1cc(C(=O)NCC(=O)Nc2cccc(C(=O)N(C)C)c2)cc(OC)c1OC. The van der Waals surface area contributed by atoms with E-state index in [2.05, 4.69) is 10.6 Å². The van der Waals surface area contributed by atoms with Crippen molar-refractivity contribution in [3.63, 3.8) is 0 Å². The van der Waals surface area contributed by atoms with Crippen molar-refractivity contribution < 1.29 is 28.6 Å². The van der Waals surface area contributed by atoms with Gasteiger partial charge in [0.05, 0.1) is 27.9 Å². The lowest BCUT2D eigenvalue weighted by atomic mass is 10.1. The number of hydrogen-bond donors (Lipinski definition) is 2. The van der Waals surface area contributed by atoms with Crippen molar-refractivity contribution in [3.05, 3.63) is 47.5 Å². The van der Waals surface area contributed by atoms with Crippen LogP contribution in [0.1, 0.15) is 20.7 Å². The second kappa shape index (κ2) is 10.1. The molecule has 30 heavy (non-hydrogen) atoms. The number of ether oxygens (including phenoxy) is 3. The van der Waals surface area contributed by atoms with Gasteiger partial charge in [-0.2, -0.15) is 0 Å². The maximum atomic E-state index is 12.5. The number of rotatable bonds is 8. The summed E-state index contributed by atoms with van der Waals surface area (Å²) < 4.78 is 15.7. The Balaban J connectivity index is 2.04. The third-order valence-electron chi connectivity index (χ3n) is 4.14. The van der Waals surface area contributed by atoms with Crippen LogP contribution in [-0.2, 0) is 4.79 Å². The van der Waals surface area contributed by atoms with E-state index in [-0.39, 0.29) is 18.0 Å². The molecule has 0 atom stereocenters. The summed E-state index contributed by atoms with van der Waals surface area (Å²) in [5, 5.41) is 5.19. The van der Waals surface area contributed by atoms with Crippen LogP contribution in [0.5, 0.6) is 17.2 Å². The molecule has 0 aliphatic rings. The summed E-state index contributed by atoms with van der Waals surface area (Å²) in [5.41, 5.74) is 1.14. The number of benzene rings is 2. The van der Waals surface area contributed by atoms with Crippen molar-refractivity contribution in [2.45, 2.75) is 0 Å². The average molecular weight is 415 g/mol. The number of hydrogen-bond acceptors (Lipinski definition) is 6. The van der Waals surface area contributed by atoms with E-state index in [1.165, 1.54) is 38.4 Å². The Labute approximate surface area is 174 Å². The Kier molecular flexibility index (Phi) is 7.62. The van der Waals surface area contributed by atoms with Gasteiger partial charge in [0.25, 0.3) is 11.8 Å². The molecule has 0 fully saturated rings. The van der Waals surface area contributed by atoms with Crippen LogP contribution < -0.4 is 24.8 Å². The van der Waals surface area contributed by atoms with Crippen molar-refractivity contribution in [3.8, 4) is 17.2 Å². The molecule has 2 aromatic carbocycles. The predicted octanol–water partition coefficient (Wildman–Crippen LogP) is 1.78. The molecular formula is C21H25N3O6. The summed E-state index contributed by atoms with van der Waals surface area (Å²) in [6, 6.07) is 9.54. The van der Waals surface area contributed by atoms with Gasteiger partial charge >= 0.3 is 0 Å². The zero-order valence-corrected chi connectivity index (χ0v) is 17.6. The standard InChI is InChI=1S/C21H25N3O6/c1-24(2)21(27)13-7-6-8-15(9-13)23-18(25)12-22-20(26)14-10-16(28-3)19(30-5)17(11-14)29-4/h6-11H,12H2,1-5H3,(H,22,26)(H,23,25). The minimum Gasteiger partial charge on any atom is -0.493 e. The van der Waals surface area contributed by atoms with Gasteiger partial charge in [0.1, 0.15) is 0 Å². The molecule has 0 bridgehead atoms. The van der Waals surface area contributed by atoms with E-state index in [0.29, 0.717) is 28.5 Å². The van der Waals surface area contributed by atoms with Crippen molar-refractivity contribution in [1.29, 1.82) is 0 Å². The van der Waals surface area contributed by atoms with Gasteiger partial charge in [-0.25, -0.2) is 0 Å². The number of anilines is 1. The van der Waals surface area contributed by atoms with Gasteiger partial charge in [0.15, 0.2) is 11.5 Å². The molecule has 0 aromatic heterocycles. The molecule has 3 amide bonds. The molecule has 9 heteroatoms. The van der Waals surface area contributed by atoms with E-state index in [4.69, 9.17) is 14.2 Å². The first-order chi connectivity index (χ1) is 14.3. The zero-order valence-electron chi connectivity index (χ0n) is 17.6. The van der Waals surface area contributed by atoms with Crippen LogP contribution in [0.25, 0.3) is 0 Å². The first kappa shape index (κ1) is 22.5. The average Bonchev–Trinajstić information content (AvgIpc) is 2.75. The third-order valence-corrected chi connectivity index (χ3v) is 4.14. The highest BCUT2D eigenvalue weighted by Crippen LogP contribution is 2.38. The Morgan fingerprint density at radius 2 is 1.53 bits per heavy atom. The van der Waals surface area contributed by atoms with E-state index in [1.807, 2.05) is 0 Å². The Bertz CT molecular complexity index is 917. The third kappa shape index (κ3) is 5.40. The van der Waals surface area contributed by atoms with Gasteiger partial charge in [-0.1, -0.05) is 6.07 Å². The number of carbonyl (C=O) groups is 3. The van der Waals surface area contributed by atoms with Gasteiger partial charge in [-0.15, -0.1) is 0 Å². The fraction of sp³-hybridized carbons (Fsp3) is 0.286. The van der Waals surface area contributed by atoms with Crippen molar-refractivity contribution in [2.75, 3.05) is 47.3 Å². The molecule has 2 rings (SSSR count). The molecule has 0 radical (unpaired) electrons. The predicted molar refractivity (Wildman–Crippen MR) is 112 cm³/mol. The molecule has 0 saturated heterocycles. The summed E-state index contributed by atoms with van der Waals surface area (Å²) in [5.74, 6) is -0.0860. The Morgan fingerprint density at radius 3 is 2.07 bits per heavy atom. The van der Waals surface area contributed by atoms with Crippen molar-refractivity contribution >= 4 is 23.4 Å². The fourth-order valence-electron chi connectivity index (χ4n) is 2.67. The van der Waals surface area contributed by atoms with Crippen LogP contribution in [0, 0.1) is 0 Å². The fourth-order valence-corrected chi connectivity index (χ4v) is 2.67. The Morgan fingerprint density at radius 1 is 0.900 bits per heavy atom. The highest BCUT2D eigenvalue weighted by atomic mass is 16.5. The molecule has 0 heterocycles. The minimum atomic E-state index is -0.485. The lowest BCUT2D eigenvalue weighted by Crippen LogP contribution is -2.33. The number of nitrogens with zero attached hydrogens (tertiary/aromatic N) is 1. The second-order valence-corrected chi connectivity index (χ2v) is 6.43. The maximum absolute atomic E-state index is 12.5. The molecule has 0 saturated carbocycles. The molecule has 2 N–H and O–H groups in total. The number of amides is 3. The summed E-state index contributed by atoms with van der Waals surface area (Å²) in [4.78, 5) is 38.2. The van der Waals surface area contributed by atoms with Crippen LogP contribution in [0.3, 0.4) is 0 Å². The lowest BCUT2D eigenvalue weighted by Gasteiger charge is -2.14. The monoisotopic (exact) mass is 415 g/mol. The Hall–Kier alpha value is -3.75. The first-order valence-corrected chi connectivity index (χ1v) is 9.00. The van der Waals surface area contributed by atoms with E-state index >= 15 is 0 Å². The van der Waals surface area contributed by atoms with Gasteiger partial charge in [0.2, 0.25) is 11.7 Å². The van der Waals surface area contributed by atoms with Gasteiger partial charge in [0, 0.05) is 30.9 Å². The smallest absolute Gasteiger partial charge is 0.253 e. The second-order valence-electron chi connectivity index (χ2n) is 6.43. The van der Waals surface area contributed by atoms with Gasteiger partial charge in [-0.05, 0) is 30.3 Å². The molecular weight excluding hydrogens is 390 g/mol. The molecule has 0 aliphatic heterocycles. The first-order valence-electron chi connectivity index (χ1n) is 9.00. The molecule has 0 unspecified atom stereocenters. The maximum Gasteiger partial charge on any atom is 0.253 e. The number of carbonyl (C=O) groups excluding carboxylic acids is 3. The minimum absolute atomic E-state index is 0.179. The quantitative estimate of drug-likeness (QED) is 0.681. The van der Waals surface area contributed by atoms with Gasteiger partial charge in [-0.3, -0.25) is 14.4 Å². The molecule has 2 aromatic rings. The number of nitrogens with one attached hydrogen (secondary N) is 2. The van der Waals surface area contributed by atoms with Crippen LogP contribution in [0.15, 0.2) is 36.4 Å². The van der Waals surface area contributed by atoms with Crippen LogP contribution in [0.2, 0.25) is 0 Å². The van der Waals surface area contributed by atoms with E-state index in [0.717, 1.165) is 0 Å². The summed E-state index contributed by atoms with van der Waals surface area (Å²) in [6.07, 6.45) is 0. The van der Waals surface area contributed by atoms with Crippen molar-refractivity contribution in [2.24, 2.45) is 0 Å². The molecule has 9 nitrogen and oxygen atoms in total. The van der Waals surface area contributed by atoms with Crippen LogP contribution >= 0.6 is 0 Å². The van der Waals surface area contributed by atoms with Gasteiger partial charge < -0.3 is 29.7 Å². The van der Waals surface area contributed by atoms with Crippen LogP contribution in [0.4, 0.5) is 5.69 Å². The highest BCUT2D eigenvalue weighted by Gasteiger charge is 2.17. The summed E-state index contributed by atoms with van der Waals surface area (Å²) in [7, 11) is 7.65. The molecule has 0 aliphatic carbocycles. The lowest BCUT2D eigenvalue weighted by molar-refractivity contribution is -0.115. The zero-order chi connectivity index (χ0) is 22.3. The molecule has 0 spiro atoms. The van der Waals surface area contributed by atoms with E-state index < -0.39 is 11.8 Å². The van der Waals surface area contributed by atoms with E-state index in [9.17, 15) is 14.4 Å².